The van der Waals surface area contributed by atoms with Gasteiger partial charge in [0.1, 0.15) is 0 Å². The van der Waals surface area contributed by atoms with Crippen molar-refractivity contribution >= 4 is 20.3 Å². The molecule has 7 heteroatoms. The highest BCUT2D eigenvalue weighted by molar-refractivity contribution is 6.74. The summed E-state index contributed by atoms with van der Waals surface area (Å²) in [5.41, 5.74) is 0.322. The first-order valence-corrected chi connectivity index (χ1v) is 10.3. The molecule has 0 rings (SSSR count). The van der Waals surface area contributed by atoms with E-state index in [0.29, 0.717) is 12.1 Å². The van der Waals surface area contributed by atoms with Crippen LogP contribution in [0.2, 0.25) is 18.1 Å². The maximum absolute atomic E-state index is 11.7. The van der Waals surface area contributed by atoms with Gasteiger partial charge in [0.15, 0.2) is 8.32 Å². The molecule has 0 aromatic rings. The number of ether oxygens (including phenoxy) is 1. The summed E-state index contributed by atoms with van der Waals surface area (Å²) in [4.78, 5) is 23.3. The zero-order valence-electron chi connectivity index (χ0n) is 15.0. The van der Waals surface area contributed by atoms with Gasteiger partial charge in [0.25, 0.3) is 5.91 Å². The number of rotatable bonds is 6. The van der Waals surface area contributed by atoms with Gasteiger partial charge in [-0.15, -0.1) is 0 Å². The van der Waals surface area contributed by atoms with Crippen LogP contribution in [0.4, 0.5) is 4.79 Å². The lowest BCUT2D eigenvalue weighted by molar-refractivity contribution is -0.116. The fourth-order valence-corrected chi connectivity index (χ4v) is 2.88. The van der Waals surface area contributed by atoms with Crippen molar-refractivity contribution < 1.29 is 18.8 Å². The Hall–Kier alpha value is -1.34. The van der Waals surface area contributed by atoms with Gasteiger partial charge < -0.3 is 14.5 Å². The fraction of sp³-hybridized carbons (Fsp3) is 0.733. The van der Waals surface area contributed by atoms with Crippen LogP contribution < -0.4 is 10.6 Å². The first-order chi connectivity index (χ1) is 9.90. The molecule has 0 aliphatic carbocycles. The van der Waals surface area contributed by atoms with Gasteiger partial charge in [0, 0.05) is 12.1 Å². The number of nitrogens with one attached hydrogen (secondary N) is 2. The van der Waals surface area contributed by atoms with Gasteiger partial charge in [-0.2, -0.15) is 0 Å². The molecule has 0 saturated carbocycles. The maximum atomic E-state index is 11.7. The van der Waals surface area contributed by atoms with Crippen molar-refractivity contribution in [2.45, 2.75) is 58.9 Å². The first-order valence-electron chi connectivity index (χ1n) is 7.37. The van der Waals surface area contributed by atoms with E-state index in [9.17, 15) is 9.59 Å². The summed E-state index contributed by atoms with van der Waals surface area (Å²) in [6, 6.07) is -0.542. The van der Waals surface area contributed by atoms with Crippen LogP contribution in [0.3, 0.4) is 0 Å². The van der Waals surface area contributed by atoms with Crippen LogP contribution in [0.1, 0.15) is 34.6 Å². The topological polar surface area (TPSA) is 76.7 Å². The van der Waals surface area contributed by atoms with Crippen molar-refractivity contribution in [2.75, 3.05) is 13.7 Å². The minimum absolute atomic E-state index is 0.113. The van der Waals surface area contributed by atoms with Crippen molar-refractivity contribution in [3.05, 3.63) is 11.8 Å². The van der Waals surface area contributed by atoms with E-state index in [1.807, 2.05) is 6.92 Å². The first kappa shape index (κ1) is 20.7. The molecule has 0 spiro atoms. The summed E-state index contributed by atoms with van der Waals surface area (Å²) >= 11 is 0. The van der Waals surface area contributed by atoms with Crippen molar-refractivity contribution in [2.24, 2.45) is 0 Å². The third-order valence-electron chi connectivity index (χ3n) is 3.73. The number of carbonyl (C=O) groups is 2. The third-order valence-corrected chi connectivity index (χ3v) is 8.34. The highest BCUT2D eigenvalue weighted by Gasteiger charge is 2.38. The molecule has 0 aliphatic heterocycles. The number of hydrogen-bond acceptors (Lipinski definition) is 4. The van der Waals surface area contributed by atoms with Crippen LogP contribution in [-0.2, 0) is 14.0 Å². The molecule has 0 bridgehead atoms. The van der Waals surface area contributed by atoms with E-state index in [1.165, 1.54) is 13.4 Å². The van der Waals surface area contributed by atoms with E-state index in [2.05, 4.69) is 44.5 Å². The Morgan fingerprint density at radius 3 is 2.27 bits per heavy atom. The lowest BCUT2D eigenvalue weighted by Crippen LogP contribution is -2.48. The molecule has 0 aromatic carbocycles. The Labute approximate surface area is 134 Å². The third kappa shape index (κ3) is 7.08. The van der Waals surface area contributed by atoms with Gasteiger partial charge >= 0.3 is 6.03 Å². The number of hydrogen-bond donors (Lipinski definition) is 2. The molecule has 0 unspecified atom stereocenters. The summed E-state index contributed by atoms with van der Waals surface area (Å²) < 4.78 is 10.8. The minimum atomic E-state index is -1.86. The maximum Gasteiger partial charge on any atom is 0.321 e. The second-order valence-corrected chi connectivity index (χ2v) is 11.6. The normalized spacial score (nSPS) is 14.3. The van der Waals surface area contributed by atoms with Crippen molar-refractivity contribution in [3.8, 4) is 0 Å². The molecule has 6 nitrogen and oxygen atoms in total. The predicted octanol–water partition coefficient (Wildman–Crippen LogP) is 2.77. The van der Waals surface area contributed by atoms with Gasteiger partial charge in [0.2, 0.25) is 0 Å². The van der Waals surface area contributed by atoms with Gasteiger partial charge in [-0.05, 0) is 32.0 Å². The molecular weight excluding hydrogens is 300 g/mol. The summed E-state index contributed by atoms with van der Waals surface area (Å²) in [6.45, 7) is 14.6. The van der Waals surface area contributed by atoms with E-state index in [1.54, 1.807) is 6.92 Å². The van der Waals surface area contributed by atoms with Gasteiger partial charge in [-0.25, -0.2) is 4.79 Å². The van der Waals surface area contributed by atoms with E-state index in [0.717, 1.165) is 0 Å². The Morgan fingerprint density at radius 1 is 1.27 bits per heavy atom. The van der Waals surface area contributed by atoms with Crippen LogP contribution in [0.15, 0.2) is 11.8 Å². The molecule has 0 heterocycles. The van der Waals surface area contributed by atoms with Crippen LogP contribution in [0.5, 0.6) is 0 Å². The zero-order chi connectivity index (χ0) is 17.6. The largest absolute Gasteiger partial charge is 0.504 e. The molecule has 2 N–H and O–H groups in total. The predicted molar refractivity (Wildman–Crippen MR) is 90.1 cm³/mol. The Kier molecular flexibility index (Phi) is 7.82. The minimum Gasteiger partial charge on any atom is -0.504 e. The summed E-state index contributed by atoms with van der Waals surface area (Å²) in [5, 5.41) is 4.99. The average molecular weight is 331 g/mol. The molecule has 0 saturated heterocycles. The van der Waals surface area contributed by atoms with E-state index >= 15 is 0 Å². The molecule has 3 amide bonds. The molecular formula is C15H30N2O4Si. The number of methoxy groups -OCH3 is 1. The number of imide groups is 1. The standard InChI is InChI=1S/C15H30N2O4Si/c1-11(10-20-6)13(18)17-14(19)16-9-12(2)21-22(7,8)15(3,4)5/h10,12H,9H2,1-8H3,(H2,16,17,18,19)/t12-/m1/s1. The quantitative estimate of drug-likeness (QED) is 0.446. The molecule has 0 aliphatic rings. The Bertz CT molecular complexity index is 428. The Morgan fingerprint density at radius 2 is 1.82 bits per heavy atom. The smallest absolute Gasteiger partial charge is 0.321 e. The molecule has 1 atom stereocenters. The molecule has 22 heavy (non-hydrogen) atoms. The van der Waals surface area contributed by atoms with Gasteiger partial charge in [0.05, 0.1) is 19.5 Å². The fourth-order valence-electron chi connectivity index (χ4n) is 1.43. The second kappa shape index (κ2) is 8.33. The number of amides is 3. The van der Waals surface area contributed by atoms with Crippen LogP contribution in [0.25, 0.3) is 0 Å². The van der Waals surface area contributed by atoms with E-state index in [4.69, 9.17) is 9.16 Å². The second-order valence-electron chi connectivity index (χ2n) is 6.89. The van der Waals surface area contributed by atoms with Crippen molar-refractivity contribution in [3.63, 3.8) is 0 Å². The van der Waals surface area contributed by atoms with Gasteiger partial charge in [-0.3, -0.25) is 10.1 Å². The lowest BCUT2D eigenvalue weighted by atomic mass is 10.2. The summed E-state index contributed by atoms with van der Waals surface area (Å²) in [5.74, 6) is -0.489. The van der Waals surface area contributed by atoms with Gasteiger partial charge in [-0.1, -0.05) is 20.8 Å². The molecule has 128 valence electrons. The van der Waals surface area contributed by atoms with E-state index < -0.39 is 20.3 Å². The molecule has 0 aromatic heterocycles. The highest BCUT2D eigenvalue weighted by atomic mass is 28.4. The van der Waals surface area contributed by atoms with Crippen molar-refractivity contribution in [1.29, 1.82) is 0 Å². The van der Waals surface area contributed by atoms with Crippen LogP contribution in [0, 0.1) is 0 Å². The monoisotopic (exact) mass is 330 g/mol. The lowest BCUT2D eigenvalue weighted by Gasteiger charge is -2.38. The zero-order valence-corrected chi connectivity index (χ0v) is 16.0. The summed E-state index contributed by atoms with van der Waals surface area (Å²) in [7, 11) is -0.424. The SMILES string of the molecule is COC=C(C)C(=O)NC(=O)NC[C@@H](C)O[Si](C)(C)C(C)(C)C. The van der Waals surface area contributed by atoms with Crippen LogP contribution >= 0.6 is 0 Å². The van der Waals surface area contributed by atoms with Crippen LogP contribution in [-0.4, -0.2) is 40.0 Å². The summed E-state index contributed by atoms with van der Waals surface area (Å²) in [6.07, 6.45) is 1.17. The van der Waals surface area contributed by atoms with Crippen molar-refractivity contribution in [1.82, 2.24) is 10.6 Å². The average Bonchev–Trinajstić information content (AvgIpc) is 2.34. The number of carbonyl (C=O) groups excluding carboxylic acids is 2. The van der Waals surface area contributed by atoms with E-state index in [-0.39, 0.29) is 11.1 Å². The Balaban J connectivity index is 4.32. The molecule has 0 radical (unpaired) electrons. The molecule has 0 fully saturated rings. The highest BCUT2D eigenvalue weighted by Crippen LogP contribution is 2.37. The number of urea groups is 1.